The van der Waals surface area contributed by atoms with E-state index < -0.39 is 0 Å². The largest absolute Gasteiger partial charge is 0.352 e. The second kappa shape index (κ2) is 9.26. The molecule has 1 aromatic carbocycles. The molecular formula is C23H26N4O2S. The summed E-state index contributed by atoms with van der Waals surface area (Å²) in [6.45, 7) is 1.16. The predicted octanol–water partition coefficient (Wildman–Crippen LogP) is 3.28. The van der Waals surface area contributed by atoms with Gasteiger partial charge in [-0.1, -0.05) is 36.4 Å². The van der Waals surface area contributed by atoms with E-state index in [0.29, 0.717) is 32.4 Å². The van der Waals surface area contributed by atoms with Crippen LogP contribution in [0.4, 0.5) is 0 Å². The third-order valence-corrected chi connectivity index (χ3v) is 6.40. The molecule has 156 valence electrons. The standard InChI is InChI=1S/C23H26N4O2S/c28-21(8-10-23(11-9-22(29)26-23)13-20-7-4-12-30-20)24-14-19-15-25-27(17-19)16-18-5-2-1-3-6-18/h1-7,12,15,17H,8-11,13-14,16H2,(H,24,28)(H,26,29). The molecule has 1 unspecified atom stereocenters. The molecule has 0 radical (unpaired) electrons. The molecule has 0 spiro atoms. The fourth-order valence-electron chi connectivity index (χ4n) is 3.93. The molecule has 1 saturated heterocycles. The minimum Gasteiger partial charge on any atom is -0.352 e. The van der Waals surface area contributed by atoms with E-state index in [-0.39, 0.29) is 17.4 Å². The maximum absolute atomic E-state index is 12.4. The molecule has 2 aromatic heterocycles. The number of benzene rings is 1. The van der Waals surface area contributed by atoms with Crippen molar-refractivity contribution in [2.24, 2.45) is 0 Å². The minimum absolute atomic E-state index is 0.00230. The summed E-state index contributed by atoms with van der Waals surface area (Å²) in [7, 11) is 0. The number of thiophene rings is 1. The van der Waals surface area contributed by atoms with Gasteiger partial charge >= 0.3 is 0 Å². The lowest BCUT2D eigenvalue weighted by Crippen LogP contribution is -2.44. The van der Waals surface area contributed by atoms with Crippen LogP contribution in [0, 0.1) is 0 Å². The van der Waals surface area contributed by atoms with Crippen LogP contribution in [0.25, 0.3) is 0 Å². The van der Waals surface area contributed by atoms with Gasteiger partial charge in [-0.15, -0.1) is 11.3 Å². The third kappa shape index (κ3) is 5.36. The van der Waals surface area contributed by atoms with Crippen LogP contribution in [-0.2, 0) is 29.1 Å². The summed E-state index contributed by atoms with van der Waals surface area (Å²) >= 11 is 1.69. The molecule has 3 heterocycles. The lowest BCUT2D eigenvalue weighted by molar-refractivity contribution is -0.122. The van der Waals surface area contributed by atoms with Crippen molar-refractivity contribution in [2.75, 3.05) is 0 Å². The monoisotopic (exact) mass is 422 g/mol. The molecule has 1 aliphatic rings. The number of hydrogen-bond donors (Lipinski definition) is 2. The van der Waals surface area contributed by atoms with Crippen molar-refractivity contribution in [1.29, 1.82) is 0 Å². The minimum atomic E-state index is -0.306. The number of carbonyl (C=O) groups is 2. The highest BCUT2D eigenvalue weighted by Gasteiger charge is 2.38. The molecular weight excluding hydrogens is 396 g/mol. The van der Waals surface area contributed by atoms with E-state index in [9.17, 15) is 9.59 Å². The number of nitrogens with one attached hydrogen (secondary N) is 2. The highest BCUT2D eigenvalue weighted by Crippen LogP contribution is 2.30. The summed E-state index contributed by atoms with van der Waals surface area (Å²) in [4.78, 5) is 25.5. The zero-order valence-corrected chi connectivity index (χ0v) is 17.7. The first kappa shape index (κ1) is 20.3. The van der Waals surface area contributed by atoms with Gasteiger partial charge < -0.3 is 10.6 Å². The molecule has 6 nitrogen and oxygen atoms in total. The first-order valence-electron chi connectivity index (χ1n) is 10.3. The van der Waals surface area contributed by atoms with Crippen LogP contribution in [0.1, 0.15) is 41.7 Å². The fourth-order valence-corrected chi connectivity index (χ4v) is 4.77. The summed E-state index contributed by atoms with van der Waals surface area (Å²) in [6, 6.07) is 14.3. The van der Waals surface area contributed by atoms with Gasteiger partial charge in [-0.2, -0.15) is 5.10 Å². The Bertz CT molecular complexity index is 984. The van der Waals surface area contributed by atoms with Crippen molar-refractivity contribution < 1.29 is 9.59 Å². The lowest BCUT2D eigenvalue weighted by atomic mass is 9.87. The molecule has 1 aliphatic heterocycles. The van der Waals surface area contributed by atoms with E-state index in [1.165, 1.54) is 10.4 Å². The van der Waals surface area contributed by atoms with E-state index in [4.69, 9.17) is 0 Å². The van der Waals surface area contributed by atoms with Crippen molar-refractivity contribution in [1.82, 2.24) is 20.4 Å². The van der Waals surface area contributed by atoms with Gasteiger partial charge in [-0.25, -0.2) is 0 Å². The topological polar surface area (TPSA) is 76.0 Å². The predicted molar refractivity (Wildman–Crippen MR) is 117 cm³/mol. The molecule has 0 bridgehead atoms. The summed E-state index contributed by atoms with van der Waals surface area (Å²) in [5, 5.41) is 12.5. The molecule has 7 heteroatoms. The maximum atomic E-state index is 12.4. The quantitative estimate of drug-likeness (QED) is 0.556. The Morgan fingerprint density at radius 1 is 1.20 bits per heavy atom. The molecule has 4 rings (SSSR count). The number of rotatable bonds is 9. The van der Waals surface area contributed by atoms with Crippen LogP contribution < -0.4 is 10.6 Å². The summed E-state index contributed by atoms with van der Waals surface area (Å²) in [5.74, 6) is 0.0790. The van der Waals surface area contributed by atoms with Crippen LogP contribution >= 0.6 is 11.3 Å². The smallest absolute Gasteiger partial charge is 0.220 e. The van der Waals surface area contributed by atoms with Crippen LogP contribution in [0.3, 0.4) is 0 Å². The molecule has 1 atom stereocenters. The fraction of sp³-hybridized carbons (Fsp3) is 0.348. The van der Waals surface area contributed by atoms with Crippen molar-refractivity contribution in [2.45, 2.75) is 50.7 Å². The van der Waals surface area contributed by atoms with Gasteiger partial charge in [0.2, 0.25) is 11.8 Å². The molecule has 2 amide bonds. The first-order valence-corrected chi connectivity index (χ1v) is 11.1. The second-order valence-corrected chi connectivity index (χ2v) is 8.93. The Kier molecular flexibility index (Phi) is 6.28. The average Bonchev–Trinajstić information content (AvgIpc) is 3.49. The van der Waals surface area contributed by atoms with E-state index in [1.807, 2.05) is 40.5 Å². The van der Waals surface area contributed by atoms with E-state index in [1.54, 1.807) is 17.5 Å². The number of hydrogen-bond acceptors (Lipinski definition) is 4. The number of carbonyl (C=O) groups excluding carboxylic acids is 2. The van der Waals surface area contributed by atoms with Crippen LogP contribution in [0.2, 0.25) is 0 Å². The Labute approximate surface area is 180 Å². The van der Waals surface area contributed by atoms with Gasteiger partial charge in [0.1, 0.15) is 0 Å². The number of nitrogens with zero attached hydrogens (tertiary/aromatic N) is 2. The van der Waals surface area contributed by atoms with Crippen LogP contribution in [0.5, 0.6) is 0 Å². The van der Waals surface area contributed by atoms with Crippen molar-refractivity contribution in [3.8, 4) is 0 Å². The molecule has 2 N–H and O–H groups in total. The summed E-state index contributed by atoms with van der Waals surface area (Å²) in [6.07, 6.45) is 6.90. The van der Waals surface area contributed by atoms with Crippen molar-refractivity contribution in [3.05, 3.63) is 76.2 Å². The maximum Gasteiger partial charge on any atom is 0.220 e. The van der Waals surface area contributed by atoms with Gasteiger partial charge in [0.25, 0.3) is 0 Å². The normalized spacial score (nSPS) is 18.3. The Balaban J connectivity index is 1.27. The highest BCUT2D eigenvalue weighted by molar-refractivity contribution is 7.09. The molecule has 3 aromatic rings. The number of aromatic nitrogens is 2. The Hall–Kier alpha value is -2.93. The van der Waals surface area contributed by atoms with Crippen LogP contribution in [0.15, 0.2) is 60.2 Å². The zero-order valence-electron chi connectivity index (χ0n) is 16.8. The van der Waals surface area contributed by atoms with Crippen molar-refractivity contribution >= 4 is 23.2 Å². The van der Waals surface area contributed by atoms with Gasteiger partial charge in [-0.3, -0.25) is 14.3 Å². The summed E-state index contributed by atoms with van der Waals surface area (Å²) < 4.78 is 1.88. The molecule has 1 fully saturated rings. The Morgan fingerprint density at radius 3 is 2.80 bits per heavy atom. The SMILES string of the molecule is O=C(CCC1(Cc2cccs2)CCC(=O)N1)NCc1cnn(Cc2ccccc2)c1. The third-order valence-electron chi connectivity index (χ3n) is 5.52. The summed E-state index contributed by atoms with van der Waals surface area (Å²) in [5.41, 5.74) is 1.85. The first-order chi connectivity index (χ1) is 14.6. The molecule has 0 saturated carbocycles. The van der Waals surface area contributed by atoms with Gasteiger partial charge in [0.15, 0.2) is 0 Å². The van der Waals surface area contributed by atoms with E-state index in [2.05, 4.69) is 33.9 Å². The zero-order chi connectivity index (χ0) is 20.8. The Morgan fingerprint density at radius 2 is 2.07 bits per heavy atom. The van der Waals surface area contributed by atoms with E-state index >= 15 is 0 Å². The molecule has 30 heavy (non-hydrogen) atoms. The van der Waals surface area contributed by atoms with Gasteiger partial charge in [0, 0.05) is 48.0 Å². The lowest BCUT2D eigenvalue weighted by Gasteiger charge is -2.28. The van der Waals surface area contributed by atoms with Crippen LogP contribution in [-0.4, -0.2) is 27.1 Å². The van der Waals surface area contributed by atoms with Gasteiger partial charge in [-0.05, 0) is 29.9 Å². The van der Waals surface area contributed by atoms with E-state index in [0.717, 1.165) is 18.4 Å². The average molecular weight is 423 g/mol. The van der Waals surface area contributed by atoms with Gasteiger partial charge in [0.05, 0.1) is 12.7 Å². The highest BCUT2D eigenvalue weighted by atomic mass is 32.1. The molecule has 0 aliphatic carbocycles. The number of amides is 2. The second-order valence-electron chi connectivity index (χ2n) is 7.89. The van der Waals surface area contributed by atoms with Crippen molar-refractivity contribution in [3.63, 3.8) is 0 Å².